The molecule has 0 fully saturated rings. The van der Waals surface area contributed by atoms with Gasteiger partial charge in [-0.2, -0.15) is 0 Å². The molecular formula is C14H17NO3. The number of rotatable bonds is 0. The molecular weight excluding hydrogens is 230 g/mol. The van der Waals surface area contributed by atoms with Crippen LogP contribution in [0.2, 0.25) is 0 Å². The highest BCUT2D eigenvalue weighted by atomic mass is 16.6. The highest BCUT2D eigenvalue weighted by Crippen LogP contribution is 2.25. The van der Waals surface area contributed by atoms with Crippen LogP contribution >= 0.6 is 0 Å². The normalized spacial score (nSPS) is 15.2. The summed E-state index contributed by atoms with van der Waals surface area (Å²) in [6.45, 7) is 8.87. The monoisotopic (exact) mass is 247 g/mol. The Bertz CT molecular complexity index is 463. The largest absolute Gasteiger partial charge is 0.508 e. The Labute approximate surface area is 107 Å². The van der Waals surface area contributed by atoms with Crippen LogP contribution in [0.25, 0.3) is 0 Å². The summed E-state index contributed by atoms with van der Waals surface area (Å²) in [4.78, 5) is 13.3. The predicted molar refractivity (Wildman–Crippen MR) is 66.8 cm³/mol. The Morgan fingerprint density at radius 3 is 2.78 bits per heavy atom. The molecule has 0 bridgehead atoms. The zero-order valence-corrected chi connectivity index (χ0v) is 10.9. The lowest BCUT2D eigenvalue weighted by Crippen LogP contribution is -2.37. The summed E-state index contributed by atoms with van der Waals surface area (Å²) >= 11 is 0. The maximum Gasteiger partial charge on any atom is 0.411 e. The van der Waals surface area contributed by atoms with Crippen molar-refractivity contribution in [2.24, 2.45) is 0 Å². The lowest BCUT2D eigenvalue weighted by Gasteiger charge is -2.30. The Morgan fingerprint density at radius 2 is 2.11 bits per heavy atom. The van der Waals surface area contributed by atoms with Crippen LogP contribution < -0.4 is 0 Å². The molecule has 1 aliphatic heterocycles. The average Bonchev–Trinajstić information content (AvgIpc) is 2.25. The van der Waals surface area contributed by atoms with Gasteiger partial charge in [-0.15, -0.1) is 0 Å². The van der Waals surface area contributed by atoms with Gasteiger partial charge >= 0.3 is 6.09 Å². The van der Waals surface area contributed by atoms with Crippen molar-refractivity contribution in [3.8, 4) is 5.75 Å². The van der Waals surface area contributed by atoms with Crippen molar-refractivity contribution in [2.45, 2.75) is 39.3 Å². The Hall–Kier alpha value is -1.71. The zero-order chi connectivity index (χ0) is 13.3. The lowest BCUT2D eigenvalue weighted by atomic mass is 10.00. The highest BCUT2D eigenvalue weighted by Gasteiger charge is 2.26. The van der Waals surface area contributed by atoms with Crippen LogP contribution in [0, 0.1) is 6.54 Å². The van der Waals surface area contributed by atoms with E-state index < -0.39 is 11.7 Å². The van der Waals surface area contributed by atoms with E-state index in [1.807, 2.05) is 26.8 Å². The van der Waals surface area contributed by atoms with Crippen molar-refractivity contribution >= 4 is 6.09 Å². The summed E-state index contributed by atoms with van der Waals surface area (Å²) in [7, 11) is 0. The first-order valence-corrected chi connectivity index (χ1v) is 5.90. The van der Waals surface area contributed by atoms with Gasteiger partial charge in [-0.05, 0) is 44.0 Å². The second kappa shape index (κ2) is 4.52. The molecule has 0 saturated heterocycles. The van der Waals surface area contributed by atoms with Crippen molar-refractivity contribution in [1.82, 2.24) is 4.90 Å². The van der Waals surface area contributed by atoms with Crippen LogP contribution in [0.5, 0.6) is 5.75 Å². The molecule has 0 saturated carbocycles. The third kappa shape index (κ3) is 2.94. The molecule has 1 N–H and O–H groups in total. The van der Waals surface area contributed by atoms with Crippen molar-refractivity contribution in [2.75, 3.05) is 0 Å². The maximum atomic E-state index is 11.9. The highest BCUT2D eigenvalue weighted by molar-refractivity contribution is 5.69. The van der Waals surface area contributed by atoms with Crippen molar-refractivity contribution in [1.29, 1.82) is 0 Å². The molecule has 2 radical (unpaired) electrons. The smallest absolute Gasteiger partial charge is 0.411 e. The molecule has 1 amide bonds. The minimum Gasteiger partial charge on any atom is -0.508 e. The standard InChI is InChI=1S/C14H17NO3/c1-14(2,3)18-13(17)15-7-6-10-4-5-12(16)8-11(10)9-15/h4-5,8,16H,6,9H2,1-3H3. The van der Waals surface area contributed by atoms with E-state index in [9.17, 15) is 9.90 Å². The van der Waals surface area contributed by atoms with E-state index in [4.69, 9.17) is 4.74 Å². The number of fused-ring (bicyclic) bond motifs is 1. The van der Waals surface area contributed by atoms with E-state index in [1.165, 1.54) is 4.90 Å². The topological polar surface area (TPSA) is 49.8 Å². The van der Waals surface area contributed by atoms with E-state index >= 15 is 0 Å². The summed E-state index contributed by atoms with van der Waals surface area (Å²) in [6, 6.07) is 5.17. The summed E-state index contributed by atoms with van der Waals surface area (Å²) in [5.41, 5.74) is 1.49. The van der Waals surface area contributed by atoms with Gasteiger partial charge in [-0.1, -0.05) is 6.07 Å². The summed E-state index contributed by atoms with van der Waals surface area (Å²) in [6.07, 6.45) is 0.144. The van der Waals surface area contributed by atoms with Gasteiger partial charge in [0.15, 0.2) is 0 Å². The van der Waals surface area contributed by atoms with E-state index in [0.717, 1.165) is 11.1 Å². The van der Waals surface area contributed by atoms with E-state index in [2.05, 4.69) is 6.54 Å². The second-order valence-electron chi connectivity index (χ2n) is 5.35. The maximum absolute atomic E-state index is 11.9. The Morgan fingerprint density at radius 1 is 1.39 bits per heavy atom. The molecule has 0 aromatic heterocycles. The van der Waals surface area contributed by atoms with Gasteiger partial charge in [-0.3, -0.25) is 4.90 Å². The fourth-order valence-electron chi connectivity index (χ4n) is 1.78. The number of aromatic hydroxyl groups is 1. The molecule has 2 rings (SSSR count). The average molecular weight is 247 g/mol. The number of ether oxygens (including phenoxy) is 1. The molecule has 0 atom stereocenters. The van der Waals surface area contributed by atoms with Gasteiger partial charge in [0.1, 0.15) is 17.9 Å². The molecule has 0 unspecified atom stereocenters. The van der Waals surface area contributed by atoms with Crippen LogP contribution in [0.3, 0.4) is 0 Å². The Kier molecular flexibility index (Phi) is 3.20. The minimum atomic E-state index is -0.516. The number of nitrogens with zero attached hydrogens (tertiary/aromatic N) is 1. The summed E-state index contributed by atoms with van der Waals surface area (Å²) < 4.78 is 5.28. The molecule has 18 heavy (non-hydrogen) atoms. The predicted octanol–water partition coefficient (Wildman–Crippen LogP) is 2.72. The number of amides is 1. The minimum absolute atomic E-state index is 0.208. The van der Waals surface area contributed by atoms with Crippen molar-refractivity contribution in [3.05, 3.63) is 35.9 Å². The third-order valence-electron chi connectivity index (χ3n) is 2.59. The molecule has 1 heterocycles. The van der Waals surface area contributed by atoms with Gasteiger partial charge < -0.3 is 9.84 Å². The molecule has 96 valence electrons. The van der Waals surface area contributed by atoms with Crippen molar-refractivity contribution in [3.63, 3.8) is 0 Å². The number of phenolic OH excluding ortho intramolecular Hbond substituents is 1. The molecule has 4 nitrogen and oxygen atoms in total. The number of hydrogen-bond acceptors (Lipinski definition) is 3. The third-order valence-corrected chi connectivity index (χ3v) is 2.59. The molecule has 1 aromatic rings. The van der Waals surface area contributed by atoms with Gasteiger partial charge in [0.25, 0.3) is 0 Å². The summed E-state index contributed by atoms with van der Waals surface area (Å²) in [5, 5.41) is 9.44. The van der Waals surface area contributed by atoms with E-state index in [0.29, 0.717) is 13.0 Å². The molecule has 0 aliphatic carbocycles. The zero-order valence-electron chi connectivity index (χ0n) is 10.9. The van der Waals surface area contributed by atoms with Gasteiger partial charge in [0.05, 0.1) is 6.54 Å². The van der Waals surface area contributed by atoms with Crippen LogP contribution in [-0.4, -0.2) is 21.7 Å². The van der Waals surface area contributed by atoms with Crippen LogP contribution in [-0.2, 0) is 17.7 Å². The lowest BCUT2D eigenvalue weighted by molar-refractivity contribution is 0.0279. The first kappa shape index (κ1) is 12.7. The van der Waals surface area contributed by atoms with E-state index in [-0.39, 0.29) is 5.75 Å². The fourth-order valence-corrected chi connectivity index (χ4v) is 1.78. The SMILES string of the molecule is CC(C)(C)OC(=O)N1[C]Cc2ccc(O)cc2C1. The summed E-state index contributed by atoms with van der Waals surface area (Å²) in [5.74, 6) is 0.208. The molecule has 1 aliphatic rings. The number of hydrogen-bond donors (Lipinski definition) is 1. The first-order valence-electron chi connectivity index (χ1n) is 5.90. The molecule has 4 heteroatoms. The Balaban J connectivity index is 2.09. The van der Waals surface area contributed by atoms with Crippen LogP contribution in [0.15, 0.2) is 18.2 Å². The second-order valence-corrected chi connectivity index (χ2v) is 5.35. The van der Waals surface area contributed by atoms with Crippen LogP contribution in [0.4, 0.5) is 4.79 Å². The van der Waals surface area contributed by atoms with Crippen LogP contribution in [0.1, 0.15) is 31.9 Å². The van der Waals surface area contributed by atoms with E-state index in [1.54, 1.807) is 12.1 Å². The quantitative estimate of drug-likeness (QED) is 0.767. The van der Waals surface area contributed by atoms with Gasteiger partial charge in [-0.25, -0.2) is 4.79 Å². The number of benzene rings is 1. The number of carbonyl (C=O) groups is 1. The number of carbonyl (C=O) groups excluding carboxylic acids is 1. The number of phenols is 1. The van der Waals surface area contributed by atoms with Gasteiger partial charge in [0, 0.05) is 6.42 Å². The van der Waals surface area contributed by atoms with Gasteiger partial charge in [0.2, 0.25) is 0 Å². The first-order chi connectivity index (χ1) is 8.35. The fraction of sp³-hybridized carbons (Fsp3) is 0.429. The molecule has 1 aromatic carbocycles. The molecule has 0 spiro atoms. The van der Waals surface area contributed by atoms with Crippen molar-refractivity contribution < 1.29 is 14.6 Å².